The number of rotatable bonds is 2. The van der Waals surface area contributed by atoms with E-state index < -0.39 is 7.37 Å². The Labute approximate surface area is 70.1 Å². The van der Waals surface area contributed by atoms with Gasteiger partial charge >= 0.3 is 0 Å². The number of nitrogens with zero attached hydrogens (tertiary/aromatic N) is 1. The summed E-state index contributed by atoms with van der Waals surface area (Å²) in [6.45, 7) is 2.61. The van der Waals surface area contributed by atoms with E-state index in [4.69, 9.17) is 10.6 Å². The molecule has 0 amide bonds. The van der Waals surface area contributed by atoms with E-state index in [0.717, 1.165) is 0 Å². The highest BCUT2D eigenvalue weighted by Gasteiger charge is 2.13. The summed E-state index contributed by atoms with van der Waals surface area (Å²) in [5, 5.41) is 3.45. The highest BCUT2D eigenvalue weighted by atomic mass is 32.1. The molecule has 0 aliphatic rings. The maximum absolute atomic E-state index is 10.8. The maximum atomic E-state index is 10.8. The van der Waals surface area contributed by atoms with E-state index in [9.17, 15) is 4.57 Å². The third kappa shape index (κ3) is 4.89. The summed E-state index contributed by atoms with van der Waals surface area (Å²) in [5.74, 6) is 0. The van der Waals surface area contributed by atoms with E-state index in [0.29, 0.717) is 0 Å². The standard InChI is InChI=1S/C4H10N3O2PS/c1-3(10(2,8)9)6-7-4(5)11/h1-2H3,(H,8,9)(H3,5,7,11)/b6-3+. The predicted octanol–water partition coefficient (Wildman–Crippen LogP) is 0.0532. The molecule has 0 radical (unpaired) electrons. The van der Waals surface area contributed by atoms with Gasteiger partial charge < -0.3 is 10.6 Å². The molecule has 11 heavy (non-hydrogen) atoms. The summed E-state index contributed by atoms with van der Waals surface area (Å²) in [6.07, 6.45) is 0. The Morgan fingerprint density at radius 1 is 1.82 bits per heavy atom. The van der Waals surface area contributed by atoms with Gasteiger partial charge in [0.1, 0.15) is 5.45 Å². The van der Waals surface area contributed by atoms with E-state index >= 15 is 0 Å². The van der Waals surface area contributed by atoms with Crippen molar-refractivity contribution in [3.8, 4) is 0 Å². The summed E-state index contributed by atoms with van der Waals surface area (Å²) in [7, 11) is -3.24. The molecule has 0 rings (SSSR count). The van der Waals surface area contributed by atoms with Crippen molar-refractivity contribution in [3.05, 3.63) is 0 Å². The second-order valence-corrected chi connectivity index (χ2v) is 4.86. The minimum atomic E-state index is -3.24. The monoisotopic (exact) mass is 195 g/mol. The van der Waals surface area contributed by atoms with E-state index in [-0.39, 0.29) is 10.6 Å². The number of hydrogen-bond donors (Lipinski definition) is 3. The molecular formula is C4H10N3O2PS. The van der Waals surface area contributed by atoms with Crippen molar-refractivity contribution in [1.29, 1.82) is 0 Å². The lowest BCUT2D eigenvalue weighted by Gasteiger charge is -2.03. The molecule has 1 unspecified atom stereocenters. The van der Waals surface area contributed by atoms with E-state index in [2.05, 4.69) is 22.7 Å². The highest BCUT2D eigenvalue weighted by molar-refractivity contribution is 7.80. The number of nitrogens with two attached hydrogens (primary N) is 1. The normalized spacial score (nSPS) is 17.2. The molecule has 0 bridgehead atoms. The molecular weight excluding hydrogens is 185 g/mol. The van der Waals surface area contributed by atoms with Gasteiger partial charge in [0.2, 0.25) is 7.37 Å². The van der Waals surface area contributed by atoms with Crippen molar-refractivity contribution in [2.45, 2.75) is 6.92 Å². The van der Waals surface area contributed by atoms with Crippen molar-refractivity contribution in [1.82, 2.24) is 5.43 Å². The van der Waals surface area contributed by atoms with Crippen LogP contribution in [0, 0.1) is 0 Å². The molecule has 0 spiro atoms. The minimum absolute atomic E-state index is 0.0298. The van der Waals surface area contributed by atoms with Gasteiger partial charge in [0.05, 0.1) is 0 Å². The molecule has 0 aliphatic heterocycles. The Hall–Kier alpha value is -0.450. The van der Waals surface area contributed by atoms with Gasteiger partial charge in [0.15, 0.2) is 5.11 Å². The predicted molar refractivity (Wildman–Crippen MR) is 48.8 cm³/mol. The first-order valence-electron chi connectivity index (χ1n) is 2.74. The Bertz CT molecular complexity index is 233. The number of hydrogen-bond acceptors (Lipinski definition) is 3. The molecule has 0 heterocycles. The quantitative estimate of drug-likeness (QED) is 0.251. The largest absolute Gasteiger partial charge is 0.375 e. The lowest BCUT2D eigenvalue weighted by molar-refractivity contribution is 0.498. The Kier molecular flexibility index (Phi) is 3.65. The summed E-state index contributed by atoms with van der Waals surface area (Å²) < 4.78 is 10.8. The van der Waals surface area contributed by atoms with Gasteiger partial charge in [0.25, 0.3) is 0 Å². The maximum Gasteiger partial charge on any atom is 0.241 e. The first-order chi connectivity index (χ1) is 4.84. The zero-order valence-corrected chi connectivity index (χ0v) is 7.95. The molecule has 7 heteroatoms. The molecule has 0 aromatic rings. The smallest absolute Gasteiger partial charge is 0.241 e. The van der Waals surface area contributed by atoms with Crippen molar-refractivity contribution >= 4 is 30.2 Å². The van der Waals surface area contributed by atoms with E-state index in [1.807, 2.05) is 0 Å². The summed E-state index contributed by atoms with van der Waals surface area (Å²) in [6, 6.07) is 0. The zero-order chi connectivity index (χ0) is 9.07. The Morgan fingerprint density at radius 2 is 2.27 bits per heavy atom. The number of nitrogens with one attached hydrogen (secondary N) is 1. The van der Waals surface area contributed by atoms with Crippen LogP contribution in [0.2, 0.25) is 0 Å². The van der Waals surface area contributed by atoms with Crippen LogP contribution in [0.1, 0.15) is 6.92 Å². The average Bonchev–Trinajstić information content (AvgIpc) is 1.80. The van der Waals surface area contributed by atoms with Crippen LogP contribution in [0.4, 0.5) is 0 Å². The van der Waals surface area contributed by atoms with Crippen molar-refractivity contribution < 1.29 is 9.46 Å². The minimum Gasteiger partial charge on any atom is -0.375 e. The van der Waals surface area contributed by atoms with E-state index in [1.54, 1.807) is 0 Å². The molecule has 0 aromatic carbocycles. The third-order valence-corrected chi connectivity index (χ3v) is 2.32. The summed E-state index contributed by atoms with van der Waals surface area (Å²) in [4.78, 5) is 8.90. The molecule has 0 aliphatic carbocycles. The van der Waals surface area contributed by atoms with Crippen molar-refractivity contribution in [3.63, 3.8) is 0 Å². The van der Waals surface area contributed by atoms with Gasteiger partial charge in [-0.15, -0.1) is 0 Å². The fourth-order valence-electron chi connectivity index (χ4n) is 0.229. The summed E-state index contributed by atoms with van der Waals surface area (Å²) in [5.41, 5.74) is 7.33. The van der Waals surface area contributed by atoms with Crippen molar-refractivity contribution in [2.75, 3.05) is 6.66 Å². The van der Waals surface area contributed by atoms with Gasteiger partial charge in [-0.1, -0.05) is 0 Å². The van der Waals surface area contributed by atoms with Gasteiger partial charge in [-0.25, -0.2) is 0 Å². The molecule has 4 N–H and O–H groups in total. The van der Waals surface area contributed by atoms with Crippen LogP contribution in [0.3, 0.4) is 0 Å². The average molecular weight is 195 g/mol. The first kappa shape index (κ1) is 10.6. The molecule has 0 saturated heterocycles. The van der Waals surface area contributed by atoms with Gasteiger partial charge in [0, 0.05) is 6.66 Å². The van der Waals surface area contributed by atoms with Crippen LogP contribution in [0.5, 0.6) is 0 Å². The number of thiocarbonyl (C=S) groups is 1. The fraction of sp³-hybridized carbons (Fsp3) is 0.500. The molecule has 64 valence electrons. The second-order valence-electron chi connectivity index (χ2n) is 2.01. The molecule has 0 fully saturated rings. The first-order valence-corrected chi connectivity index (χ1v) is 5.26. The van der Waals surface area contributed by atoms with Crippen molar-refractivity contribution in [2.24, 2.45) is 10.8 Å². The van der Waals surface area contributed by atoms with Gasteiger partial charge in [-0.2, -0.15) is 5.10 Å². The summed E-state index contributed by atoms with van der Waals surface area (Å²) >= 11 is 4.43. The molecule has 0 saturated carbocycles. The van der Waals surface area contributed by atoms with Gasteiger partial charge in [-0.3, -0.25) is 9.99 Å². The van der Waals surface area contributed by atoms with Crippen LogP contribution in [0.25, 0.3) is 0 Å². The van der Waals surface area contributed by atoms with E-state index in [1.165, 1.54) is 13.6 Å². The van der Waals surface area contributed by atoms with Crippen LogP contribution >= 0.6 is 19.6 Å². The molecule has 1 atom stereocenters. The highest BCUT2D eigenvalue weighted by Crippen LogP contribution is 2.36. The van der Waals surface area contributed by atoms with Crippen LogP contribution < -0.4 is 11.2 Å². The Morgan fingerprint density at radius 3 is 2.55 bits per heavy atom. The van der Waals surface area contributed by atoms with Crippen LogP contribution in [0.15, 0.2) is 5.10 Å². The lowest BCUT2D eigenvalue weighted by atomic mass is 10.9. The molecule has 5 nitrogen and oxygen atoms in total. The number of hydrazone groups is 1. The van der Waals surface area contributed by atoms with Crippen LogP contribution in [-0.2, 0) is 4.57 Å². The second kappa shape index (κ2) is 3.80. The van der Waals surface area contributed by atoms with Crippen LogP contribution in [-0.4, -0.2) is 22.1 Å². The molecule has 0 aromatic heterocycles. The van der Waals surface area contributed by atoms with Gasteiger partial charge in [-0.05, 0) is 19.1 Å². The fourth-order valence-corrected chi connectivity index (χ4v) is 0.510. The Balaban J connectivity index is 4.25. The zero-order valence-electron chi connectivity index (χ0n) is 6.24. The SMILES string of the molecule is C/C(=N\NC(N)=S)P(C)(=O)O. The topological polar surface area (TPSA) is 87.7 Å². The third-order valence-electron chi connectivity index (χ3n) is 0.928. The lowest BCUT2D eigenvalue weighted by Crippen LogP contribution is -2.25.